The van der Waals surface area contributed by atoms with E-state index in [4.69, 9.17) is 4.74 Å². The van der Waals surface area contributed by atoms with E-state index in [1.807, 2.05) is 30.3 Å². The minimum Gasteiger partial charge on any atom is -0.492 e. The van der Waals surface area contributed by atoms with Gasteiger partial charge in [0.2, 0.25) is 0 Å². The van der Waals surface area contributed by atoms with Crippen LogP contribution in [-0.2, 0) is 0 Å². The van der Waals surface area contributed by atoms with Crippen molar-refractivity contribution in [2.45, 2.75) is 37.9 Å². The summed E-state index contributed by atoms with van der Waals surface area (Å²) >= 11 is 0. The van der Waals surface area contributed by atoms with Crippen LogP contribution in [0.5, 0.6) is 5.75 Å². The molecule has 1 saturated heterocycles. The minimum absolute atomic E-state index is 0.145. The molecule has 0 radical (unpaired) electrons. The Bertz CT molecular complexity index is 359. The molecule has 0 amide bonds. The zero-order chi connectivity index (χ0) is 13.7. The average Bonchev–Trinajstić information content (AvgIpc) is 2.89. The van der Waals surface area contributed by atoms with Gasteiger partial charge in [-0.3, -0.25) is 4.90 Å². The van der Waals surface area contributed by atoms with Gasteiger partial charge in [0.15, 0.2) is 0 Å². The van der Waals surface area contributed by atoms with Crippen molar-refractivity contribution in [3.63, 3.8) is 0 Å². The number of benzene rings is 1. The molecule has 1 heterocycles. The summed E-state index contributed by atoms with van der Waals surface area (Å²) in [6, 6.07) is 10.2. The summed E-state index contributed by atoms with van der Waals surface area (Å²) < 4.78 is 5.76. The lowest BCUT2D eigenvalue weighted by molar-refractivity contribution is 0.0451. The molecular weight excluding hydrogens is 242 g/mol. The van der Waals surface area contributed by atoms with E-state index in [0.29, 0.717) is 6.61 Å². The summed E-state index contributed by atoms with van der Waals surface area (Å²) in [6.07, 6.45) is 1.88. The Hall–Kier alpha value is -1.10. The maximum absolute atomic E-state index is 9.42. The Morgan fingerprint density at radius 3 is 2.26 bits per heavy atom. The topological polar surface area (TPSA) is 52.9 Å². The first kappa shape index (κ1) is 14.3. The molecule has 3 atom stereocenters. The lowest BCUT2D eigenvalue weighted by Gasteiger charge is -2.34. The summed E-state index contributed by atoms with van der Waals surface area (Å²) in [7, 11) is 0. The SMILES string of the molecule is C[C@@H](COc1ccccc1)N1[C@H](CO)CC[C@@H]1CO. The highest BCUT2D eigenvalue weighted by Crippen LogP contribution is 2.26. The number of likely N-dealkylation sites (tertiary alicyclic amines) is 1. The van der Waals surface area contributed by atoms with Crippen LogP contribution in [0.1, 0.15) is 19.8 Å². The summed E-state index contributed by atoms with van der Waals surface area (Å²) in [4.78, 5) is 2.20. The van der Waals surface area contributed by atoms with Gasteiger partial charge in [-0.25, -0.2) is 0 Å². The van der Waals surface area contributed by atoms with Gasteiger partial charge in [0.25, 0.3) is 0 Å². The molecule has 4 nitrogen and oxygen atoms in total. The molecule has 1 aliphatic heterocycles. The Kier molecular flexibility index (Phi) is 5.19. The second-order valence-electron chi connectivity index (χ2n) is 5.17. The normalized spacial score (nSPS) is 25.4. The van der Waals surface area contributed by atoms with E-state index in [1.54, 1.807) is 0 Å². The van der Waals surface area contributed by atoms with Crippen LogP contribution in [0.25, 0.3) is 0 Å². The van der Waals surface area contributed by atoms with Gasteiger partial charge >= 0.3 is 0 Å². The summed E-state index contributed by atoms with van der Waals surface area (Å²) in [6.45, 7) is 2.94. The molecule has 1 aromatic carbocycles. The zero-order valence-electron chi connectivity index (χ0n) is 11.4. The minimum atomic E-state index is 0.145. The Morgan fingerprint density at radius 1 is 1.16 bits per heavy atom. The second kappa shape index (κ2) is 6.89. The molecule has 0 unspecified atom stereocenters. The van der Waals surface area contributed by atoms with Crippen LogP contribution in [0.15, 0.2) is 30.3 Å². The van der Waals surface area contributed by atoms with E-state index in [-0.39, 0.29) is 31.3 Å². The maximum Gasteiger partial charge on any atom is 0.119 e. The highest BCUT2D eigenvalue weighted by atomic mass is 16.5. The predicted molar refractivity (Wildman–Crippen MR) is 74.2 cm³/mol. The standard InChI is InChI=1S/C15H23NO3/c1-12(11-19-15-5-3-2-4-6-15)16-13(9-17)7-8-14(16)10-18/h2-6,12-14,17-18H,7-11H2,1H3/t12-,13-,14+/m0/s1. The first-order valence-corrected chi connectivity index (χ1v) is 6.93. The fraction of sp³-hybridized carbons (Fsp3) is 0.600. The fourth-order valence-corrected chi connectivity index (χ4v) is 2.89. The molecule has 0 aromatic heterocycles. The number of hydrogen-bond donors (Lipinski definition) is 2. The van der Waals surface area contributed by atoms with E-state index >= 15 is 0 Å². The molecule has 19 heavy (non-hydrogen) atoms. The average molecular weight is 265 g/mol. The highest BCUT2D eigenvalue weighted by Gasteiger charge is 2.35. The third kappa shape index (κ3) is 3.47. The molecule has 1 fully saturated rings. The lowest BCUT2D eigenvalue weighted by Crippen LogP contribution is -2.48. The predicted octanol–water partition coefficient (Wildman–Crippen LogP) is 1.27. The van der Waals surface area contributed by atoms with Crippen molar-refractivity contribution in [1.82, 2.24) is 4.90 Å². The number of aliphatic hydroxyl groups excluding tert-OH is 2. The van der Waals surface area contributed by atoms with Crippen LogP contribution in [0, 0.1) is 0 Å². The molecule has 106 valence electrons. The van der Waals surface area contributed by atoms with Gasteiger partial charge in [-0.15, -0.1) is 0 Å². The molecule has 0 bridgehead atoms. The van der Waals surface area contributed by atoms with Gasteiger partial charge in [-0.1, -0.05) is 18.2 Å². The molecule has 2 rings (SSSR count). The van der Waals surface area contributed by atoms with Gasteiger partial charge in [-0.2, -0.15) is 0 Å². The number of hydrogen-bond acceptors (Lipinski definition) is 4. The first-order valence-electron chi connectivity index (χ1n) is 6.93. The third-order valence-corrected chi connectivity index (χ3v) is 3.84. The van der Waals surface area contributed by atoms with Crippen LogP contribution >= 0.6 is 0 Å². The number of para-hydroxylation sites is 1. The van der Waals surface area contributed by atoms with E-state index in [9.17, 15) is 10.2 Å². The van der Waals surface area contributed by atoms with Crippen LogP contribution < -0.4 is 4.74 Å². The summed E-state index contributed by atoms with van der Waals surface area (Å²) in [5, 5.41) is 18.8. The van der Waals surface area contributed by atoms with Crippen LogP contribution in [0.3, 0.4) is 0 Å². The monoisotopic (exact) mass is 265 g/mol. The molecule has 1 aromatic rings. The lowest BCUT2D eigenvalue weighted by atomic mass is 10.2. The summed E-state index contributed by atoms with van der Waals surface area (Å²) in [5.41, 5.74) is 0. The molecule has 4 heteroatoms. The third-order valence-electron chi connectivity index (χ3n) is 3.84. The maximum atomic E-state index is 9.42. The largest absolute Gasteiger partial charge is 0.492 e. The molecule has 1 aliphatic rings. The van der Waals surface area contributed by atoms with E-state index in [0.717, 1.165) is 18.6 Å². The van der Waals surface area contributed by atoms with Crippen molar-refractivity contribution in [2.75, 3.05) is 19.8 Å². The zero-order valence-corrected chi connectivity index (χ0v) is 11.4. The van der Waals surface area contributed by atoms with Crippen molar-refractivity contribution >= 4 is 0 Å². The quantitative estimate of drug-likeness (QED) is 0.813. The van der Waals surface area contributed by atoms with Crippen molar-refractivity contribution in [1.29, 1.82) is 0 Å². The number of nitrogens with zero attached hydrogens (tertiary/aromatic N) is 1. The van der Waals surface area contributed by atoms with Crippen molar-refractivity contribution in [3.05, 3.63) is 30.3 Å². The Balaban J connectivity index is 1.92. The van der Waals surface area contributed by atoms with Gasteiger partial charge in [0.1, 0.15) is 12.4 Å². The fourth-order valence-electron chi connectivity index (χ4n) is 2.89. The number of rotatable bonds is 6. The van der Waals surface area contributed by atoms with E-state index in [1.165, 1.54) is 0 Å². The number of ether oxygens (including phenoxy) is 1. The van der Waals surface area contributed by atoms with Crippen LogP contribution in [-0.4, -0.2) is 53.1 Å². The van der Waals surface area contributed by atoms with Crippen molar-refractivity contribution < 1.29 is 14.9 Å². The van der Waals surface area contributed by atoms with Gasteiger partial charge in [-0.05, 0) is 31.9 Å². The van der Waals surface area contributed by atoms with E-state index < -0.39 is 0 Å². The smallest absolute Gasteiger partial charge is 0.119 e. The molecule has 0 spiro atoms. The molecule has 2 N–H and O–H groups in total. The highest BCUT2D eigenvalue weighted by molar-refractivity contribution is 5.20. The van der Waals surface area contributed by atoms with Gasteiger partial charge < -0.3 is 14.9 Å². The molecule has 0 aliphatic carbocycles. The van der Waals surface area contributed by atoms with E-state index in [2.05, 4.69) is 11.8 Å². The molecular formula is C15H23NO3. The van der Waals surface area contributed by atoms with Gasteiger partial charge in [0, 0.05) is 18.1 Å². The summed E-state index contributed by atoms with van der Waals surface area (Å²) in [5.74, 6) is 0.856. The van der Waals surface area contributed by atoms with Gasteiger partial charge in [0.05, 0.1) is 13.2 Å². The number of aliphatic hydroxyl groups is 2. The first-order chi connectivity index (χ1) is 9.26. The van der Waals surface area contributed by atoms with Crippen LogP contribution in [0.2, 0.25) is 0 Å². The van der Waals surface area contributed by atoms with Crippen LogP contribution in [0.4, 0.5) is 0 Å². The van der Waals surface area contributed by atoms with Crippen molar-refractivity contribution in [2.24, 2.45) is 0 Å². The Labute approximate surface area is 114 Å². The Morgan fingerprint density at radius 2 is 1.74 bits per heavy atom. The van der Waals surface area contributed by atoms with Crippen molar-refractivity contribution in [3.8, 4) is 5.75 Å². The second-order valence-corrected chi connectivity index (χ2v) is 5.17. The molecule has 0 saturated carbocycles.